The molecule has 0 aliphatic rings. The molecule has 3 aromatic rings. The van der Waals surface area contributed by atoms with Crippen molar-refractivity contribution < 1.29 is 10.0 Å². The van der Waals surface area contributed by atoms with Gasteiger partial charge in [0.1, 0.15) is 17.2 Å². The van der Waals surface area contributed by atoms with Gasteiger partial charge in [-0.25, -0.2) is 9.98 Å². The zero-order valence-corrected chi connectivity index (χ0v) is 16.7. The Kier molecular flexibility index (Phi) is 5.88. The van der Waals surface area contributed by atoms with Crippen molar-refractivity contribution in [1.82, 2.24) is 9.36 Å². The van der Waals surface area contributed by atoms with Crippen LogP contribution < -0.4 is 4.90 Å². The summed E-state index contributed by atoms with van der Waals surface area (Å²) >= 11 is 1.19. The minimum Gasteiger partial charge on any atom is -0.504 e. The van der Waals surface area contributed by atoms with Gasteiger partial charge in [0.25, 0.3) is 5.69 Å². The molecule has 0 aliphatic carbocycles. The molecule has 0 atom stereocenters. The lowest BCUT2D eigenvalue weighted by Crippen LogP contribution is -2.08. The van der Waals surface area contributed by atoms with E-state index >= 15 is 0 Å². The molecule has 0 fully saturated rings. The number of hydrogen-bond donors (Lipinski definition) is 1. The van der Waals surface area contributed by atoms with E-state index in [0.717, 1.165) is 0 Å². The van der Waals surface area contributed by atoms with Crippen molar-refractivity contribution in [3.8, 4) is 5.75 Å². The number of benzene rings is 2. The Bertz CT molecular complexity index is 1110. The number of phenols is 1. The molecule has 0 amide bonds. The highest BCUT2D eigenvalue weighted by Crippen LogP contribution is 2.44. The van der Waals surface area contributed by atoms with E-state index in [9.17, 15) is 15.2 Å². The topological polar surface area (TPSA) is 129 Å². The quantitative estimate of drug-likeness (QED) is 0.271. The summed E-state index contributed by atoms with van der Waals surface area (Å²) in [6.45, 7) is 1.78. The normalized spacial score (nSPS) is 11.4. The zero-order valence-electron chi connectivity index (χ0n) is 15.8. The Morgan fingerprint density at radius 1 is 1.17 bits per heavy atom. The number of anilines is 1. The lowest BCUT2D eigenvalue weighted by Gasteiger charge is -2.16. The van der Waals surface area contributed by atoms with E-state index in [-0.39, 0.29) is 28.5 Å². The molecule has 0 saturated heterocycles. The fourth-order valence-corrected chi connectivity index (χ4v) is 2.96. The maximum absolute atomic E-state index is 11.1. The first-order valence-corrected chi connectivity index (χ1v) is 9.17. The van der Waals surface area contributed by atoms with Crippen LogP contribution in [0.2, 0.25) is 0 Å². The summed E-state index contributed by atoms with van der Waals surface area (Å²) in [5, 5.41) is 30.3. The summed E-state index contributed by atoms with van der Waals surface area (Å²) in [5.74, 6) is 0.441. The summed E-state index contributed by atoms with van der Waals surface area (Å²) < 4.78 is 4.09. The van der Waals surface area contributed by atoms with E-state index in [2.05, 4.69) is 24.6 Å². The molecule has 1 heterocycles. The molecule has 0 aliphatic heterocycles. The minimum absolute atomic E-state index is 0.0861. The molecule has 1 aromatic heterocycles. The van der Waals surface area contributed by atoms with Crippen LogP contribution in [0.5, 0.6) is 5.75 Å². The van der Waals surface area contributed by atoms with Gasteiger partial charge in [-0.15, -0.1) is 10.2 Å². The van der Waals surface area contributed by atoms with Crippen molar-refractivity contribution in [1.29, 1.82) is 0 Å². The molecule has 29 heavy (non-hydrogen) atoms. The van der Waals surface area contributed by atoms with Crippen LogP contribution in [0.3, 0.4) is 0 Å². The molecule has 0 bridgehead atoms. The molecule has 2 aromatic carbocycles. The summed E-state index contributed by atoms with van der Waals surface area (Å²) in [6, 6.07) is 9.27. The Labute approximate surface area is 170 Å². The van der Waals surface area contributed by atoms with E-state index in [1.165, 1.54) is 29.9 Å². The first-order valence-electron chi connectivity index (χ1n) is 8.39. The molecule has 0 radical (unpaired) electrons. The van der Waals surface area contributed by atoms with Crippen molar-refractivity contribution in [3.63, 3.8) is 0 Å². The van der Waals surface area contributed by atoms with Gasteiger partial charge in [0, 0.05) is 20.2 Å². The molecular weight excluding hydrogens is 394 g/mol. The Morgan fingerprint density at radius 2 is 1.90 bits per heavy atom. The number of nitro groups is 1. The molecule has 0 saturated carbocycles. The van der Waals surface area contributed by atoms with Gasteiger partial charge in [-0.05, 0) is 36.7 Å². The Balaban J connectivity index is 2.01. The fraction of sp³-hybridized carbons (Fsp3) is 0.167. The molecule has 148 valence electrons. The number of para-hydroxylation sites is 1. The van der Waals surface area contributed by atoms with Crippen LogP contribution in [-0.2, 0) is 0 Å². The number of aromatic hydroxyl groups is 1. The molecule has 3 rings (SSSR count). The second-order valence-corrected chi connectivity index (χ2v) is 6.86. The van der Waals surface area contributed by atoms with Crippen molar-refractivity contribution in [2.75, 3.05) is 19.0 Å². The van der Waals surface area contributed by atoms with Gasteiger partial charge in [0.2, 0.25) is 0 Å². The van der Waals surface area contributed by atoms with Gasteiger partial charge >= 0.3 is 0 Å². The number of hydrogen-bond acceptors (Lipinski definition) is 10. The number of azo groups is 1. The van der Waals surface area contributed by atoms with Crippen molar-refractivity contribution in [2.45, 2.75) is 6.92 Å². The van der Waals surface area contributed by atoms with E-state index in [1.54, 1.807) is 36.1 Å². The maximum Gasteiger partial charge on any atom is 0.296 e. The maximum atomic E-state index is 11.1. The van der Waals surface area contributed by atoms with Gasteiger partial charge in [0.15, 0.2) is 16.4 Å². The van der Waals surface area contributed by atoms with Crippen LogP contribution in [0, 0.1) is 17.0 Å². The van der Waals surface area contributed by atoms with E-state index in [0.29, 0.717) is 16.5 Å². The van der Waals surface area contributed by atoms with Crippen LogP contribution in [0.25, 0.3) is 0 Å². The van der Waals surface area contributed by atoms with Crippen LogP contribution in [0.1, 0.15) is 10.8 Å². The molecular formula is C18H17N7O3S. The van der Waals surface area contributed by atoms with Crippen LogP contribution in [0.4, 0.5) is 28.4 Å². The van der Waals surface area contributed by atoms with Crippen LogP contribution >= 0.6 is 11.5 Å². The highest BCUT2D eigenvalue weighted by Gasteiger charge is 2.15. The standard InChI is InChI=1S/C18H17N7O3S/c1-11-20-16(29-23-11)10-19-17-15(24(2)3)9-8-13(18(17)26)22-21-12-6-4-5-7-14(12)25(27)28/h4-10,26H,1-3H3. The van der Waals surface area contributed by atoms with Crippen LogP contribution in [0.15, 0.2) is 51.6 Å². The SMILES string of the molecule is Cc1nsc(C=Nc2c(N(C)C)ccc(N=Nc3ccccc3[N+](=O)[O-])c2O)n1. The fourth-order valence-electron chi connectivity index (χ4n) is 2.42. The number of nitrogens with zero attached hydrogens (tertiary/aromatic N) is 7. The summed E-state index contributed by atoms with van der Waals surface area (Å²) in [5.41, 5.74) is 0.981. The monoisotopic (exact) mass is 411 g/mol. The number of nitro benzene ring substituents is 1. The number of aromatic nitrogens is 2. The smallest absolute Gasteiger partial charge is 0.296 e. The van der Waals surface area contributed by atoms with Gasteiger partial charge in [-0.2, -0.15) is 4.37 Å². The van der Waals surface area contributed by atoms with E-state index < -0.39 is 4.92 Å². The summed E-state index contributed by atoms with van der Waals surface area (Å²) in [7, 11) is 3.63. The second kappa shape index (κ2) is 8.52. The number of rotatable bonds is 6. The van der Waals surface area contributed by atoms with Gasteiger partial charge in [-0.3, -0.25) is 10.1 Å². The lowest BCUT2D eigenvalue weighted by molar-refractivity contribution is -0.384. The molecule has 0 unspecified atom stereocenters. The third-order valence-electron chi connectivity index (χ3n) is 3.78. The van der Waals surface area contributed by atoms with Gasteiger partial charge in [0.05, 0.1) is 16.8 Å². The predicted molar refractivity (Wildman–Crippen MR) is 112 cm³/mol. The number of aryl methyl sites for hydroxylation is 1. The Hall–Kier alpha value is -3.73. The highest BCUT2D eigenvalue weighted by molar-refractivity contribution is 7.07. The average molecular weight is 411 g/mol. The largest absolute Gasteiger partial charge is 0.504 e. The molecule has 10 nitrogen and oxygen atoms in total. The first-order chi connectivity index (χ1) is 13.9. The molecule has 1 N–H and O–H groups in total. The van der Waals surface area contributed by atoms with Crippen molar-refractivity contribution >= 4 is 46.2 Å². The van der Waals surface area contributed by atoms with E-state index in [4.69, 9.17) is 0 Å². The molecule has 0 spiro atoms. The third kappa shape index (κ3) is 4.58. The lowest BCUT2D eigenvalue weighted by atomic mass is 10.2. The minimum atomic E-state index is -0.539. The van der Waals surface area contributed by atoms with Gasteiger partial charge < -0.3 is 10.0 Å². The zero-order chi connectivity index (χ0) is 21.0. The number of phenolic OH excluding ortho intramolecular Hbond substituents is 1. The predicted octanol–water partition coefficient (Wildman–Crippen LogP) is 4.69. The van der Waals surface area contributed by atoms with Gasteiger partial charge in [-0.1, -0.05) is 12.1 Å². The highest BCUT2D eigenvalue weighted by atomic mass is 32.1. The molecule has 11 heteroatoms. The Morgan fingerprint density at radius 3 is 2.55 bits per heavy atom. The van der Waals surface area contributed by atoms with E-state index in [1.807, 2.05) is 14.1 Å². The average Bonchev–Trinajstić information content (AvgIpc) is 3.11. The first kappa shape index (κ1) is 20.0. The van der Waals surface area contributed by atoms with Crippen LogP contribution in [-0.4, -0.2) is 39.7 Å². The van der Waals surface area contributed by atoms with Crippen molar-refractivity contribution in [3.05, 3.63) is 57.3 Å². The summed E-state index contributed by atoms with van der Waals surface area (Å²) in [6.07, 6.45) is 1.51. The summed E-state index contributed by atoms with van der Waals surface area (Å²) in [4.78, 5) is 20.9. The van der Waals surface area contributed by atoms with Crippen molar-refractivity contribution in [2.24, 2.45) is 15.2 Å². The second-order valence-electron chi connectivity index (χ2n) is 6.08. The number of aliphatic imine (C=N–C) groups is 1. The third-order valence-corrected chi connectivity index (χ3v) is 4.52.